The van der Waals surface area contributed by atoms with Gasteiger partial charge in [-0.15, -0.1) is 0 Å². The molecule has 0 spiro atoms. The average Bonchev–Trinajstić information content (AvgIpc) is 2.61. The van der Waals surface area contributed by atoms with Crippen molar-refractivity contribution in [2.45, 2.75) is 103 Å². The van der Waals surface area contributed by atoms with Crippen LogP contribution in [0.15, 0.2) is 24.3 Å². The third kappa shape index (κ3) is 6.32. The lowest BCUT2D eigenvalue weighted by Gasteiger charge is -2.21. The van der Waals surface area contributed by atoms with Crippen LogP contribution in [0.5, 0.6) is 0 Å². The molecular formula is C23H38. The van der Waals surface area contributed by atoms with Gasteiger partial charge in [-0.1, -0.05) is 96.4 Å². The van der Waals surface area contributed by atoms with Crippen molar-refractivity contribution in [1.29, 1.82) is 0 Å². The van der Waals surface area contributed by atoms with E-state index in [1.165, 1.54) is 70.6 Å². The van der Waals surface area contributed by atoms with Crippen molar-refractivity contribution in [3.63, 3.8) is 0 Å². The highest BCUT2D eigenvalue weighted by atomic mass is 14.2. The zero-order valence-corrected chi connectivity index (χ0v) is 15.8. The summed E-state index contributed by atoms with van der Waals surface area (Å²) in [4.78, 5) is 0. The fraction of sp³-hybridized carbons (Fsp3) is 0.739. The minimum Gasteiger partial charge on any atom is -0.0654 e. The Morgan fingerprint density at radius 3 is 2.48 bits per heavy atom. The van der Waals surface area contributed by atoms with Gasteiger partial charge in [-0.05, 0) is 48.1 Å². The van der Waals surface area contributed by atoms with Gasteiger partial charge in [-0.2, -0.15) is 0 Å². The van der Waals surface area contributed by atoms with Crippen molar-refractivity contribution in [1.82, 2.24) is 0 Å². The molecule has 0 saturated heterocycles. The first-order chi connectivity index (χ1) is 11.2. The van der Waals surface area contributed by atoms with Gasteiger partial charge in [-0.3, -0.25) is 0 Å². The molecule has 1 saturated carbocycles. The van der Waals surface area contributed by atoms with Gasteiger partial charge in [0.05, 0.1) is 0 Å². The molecule has 2 rings (SSSR count). The standard InChI is InChI=1S/C23H38/c1-4-11-20(3)22-14-10-15-23(18-22)21-13-9-7-5-6-8-12-19(2)16-17-21/h10,14-15,18-21H,4-9,11-13,16-17H2,1-3H3. The third-order valence-corrected chi connectivity index (χ3v) is 5.93. The van der Waals surface area contributed by atoms with Crippen LogP contribution in [-0.4, -0.2) is 0 Å². The predicted octanol–water partition coefficient (Wildman–Crippen LogP) is 7.83. The van der Waals surface area contributed by atoms with Gasteiger partial charge in [0.1, 0.15) is 0 Å². The Morgan fingerprint density at radius 1 is 0.957 bits per heavy atom. The summed E-state index contributed by atoms with van der Waals surface area (Å²) < 4.78 is 0. The van der Waals surface area contributed by atoms with Crippen molar-refractivity contribution < 1.29 is 0 Å². The summed E-state index contributed by atoms with van der Waals surface area (Å²) in [5.74, 6) is 2.42. The van der Waals surface area contributed by atoms with Crippen LogP contribution in [0.2, 0.25) is 0 Å². The lowest BCUT2D eigenvalue weighted by Crippen LogP contribution is -2.04. The average molecular weight is 315 g/mol. The molecule has 1 aromatic carbocycles. The molecule has 0 nitrogen and oxygen atoms in total. The van der Waals surface area contributed by atoms with Gasteiger partial charge >= 0.3 is 0 Å². The highest BCUT2D eigenvalue weighted by molar-refractivity contribution is 5.28. The summed E-state index contributed by atoms with van der Waals surface area (Å²) in [6, 6.07) is 9.59. The summed E-state index contributed by atoms with van der Waals surface area (Å²) in [6.07, 6.45) is 15.5. The lowest BCUT2D eigenvalue weighted by molar-refractivity contribution is 0.427. The van der Waals surface area contributed by atoms with Crippen molar-refractivity contribution in [3.05, 3.63) is 35.4 Å². The molecule has 0 bridgehead atoms. The second kappa shape index (κ2) is 10.2. The van der Waals surface area contributed by atoms with Gasteiger partial charge in [0.15, 0.2) is 0 Å². The monoisotopic (exact) mass is 314 g/mol. The normalized spacial score (nSPS) is 25.5. The highest BCUT2D eigenvalue weighted by Crippen LogP contribution is 2.33. The lowest BCUT2D eigenvalue weighted by atomic mass is 9.84. The summed E-state index contributed by atoms with van der Waals surface area (Å²) in [7, 11) is 0. The molecule has 23 heavy (non-hydrogen) atoms. The van der Waals surface area contributed by atoms with Crippen molar-refractivity contribution in [2.24, 2.45) is 5.92 Å². The summed E-state index contributed by atoms with van der Waals surface area (Å²) in [6.45, 7) is 7.16. The Balaban J connectivity index is 2.07. The van der Waals surface area contributed by atoms with Crippen LogP contribution in [0.3, 0.4) is 0 Å². The Labute approximate surface area is 145 Å². The first-order valence-corrected chi connectivity index (χ1v) is 10.3. The molecule has 1 fully saturated rings. The molecule has 1 aliphatic carbocycles. The van der Waals surface area contributed by atoms with Gasteiger partial charge in [-0.25, -0.2) is 0 Å². The van der Waals surface area contributed by atoms with E-state index in [1.54, 1.807) is 11.1 Å². The number of benzene rings is 1. The van der Waals surface area contributed by atoms with E-state index in [9.17, 15) is 0 Å². The van der Waals surface area contributed by atoms with Crippen LogP contribution in [-0.2, 0) is 0 Å². The fourth-order valence-corrected chi connectivity index (χ4v) is 4.24. The van der Waals surface area contributed by atoms with Gasteiger partial charge in [0, 0.05) is 0 Å². The maximum atomic E-state index is 2.54. The van der Waals surface area contributed by atoms with E-state index in [0.29, 0.717) is 5.92 Å². The molecule has 0 N–H and O–H groups in total. The Hall–Kier alpha value is -0.780. The van der Waals surface area contributed by atoms with E-state index in [2.05, 4.69) is 45.0 Å². The number of hydrogen-bond acceptors (Lipinski definition) is 0. The van der Waals surface area contributed by atoms with Gasteiger partial charge < -0.3 is 0 Å². The fourth-order valence-electron chi connectivity index (χ4n) is 4.24. The van der Waals surface area contributed by atoms with E-state index < -0.39 is 0 Å². The van der Waals surface area contributed by atoms with Crippen LogP contribution < -0.4 is 0 Å². The first kappa shape index (κ1) is 18.6. The smallest absolute Gasteiger partial charge is 0.0162 e. The predicted molar refractivity (Wildman–Crippen MR) is 103 cm³/mol. The SMILES string of the molecule is CCCC(C)c1cccc(C2CCCCCCCC(C)CC2)c1. The Morgan fingerprint density at radius 2 is 1.70 bits per heavy atom. The molecule has 0 radical (unpaired) electrons. The van der Waals surface area contributed by atoms with E-state index in [4.69, 9.17) is 0 Å². The molecule has 3 atom stereocenters. The van der Waals surface area contributed by atoms with Crippen LogP contribution in [0.1, 0.15) is 114 Å². The molecule has 0 aliphatic heterocycles. The second-order valence-corrected chi connectivity index (χ2v) is 8.08. The molecule has 0 aromatic heterocycles. The maximum Gasteiger partial charge on any atom is -0.0162 e. The quantitative estimate of drug-likeness (QED) is 0.531. The van der Waals surface area contributed by atoms with Crippen LogP contribution in [0.25, 0.3) is 0 Å². The molecule has 130 valence electrons. The zero-order valence-electron chi connectivity index (χ0n) is 15.8. The minimum absolute atomic E-state index is 0.710. The Kier molecular flexibility index (Phi) is 8.20. The van der Waals surface area contributed by atoms with E-state index >= 15 is 0 Å². The summed E-state index contributed by atoms with van der Waals surface area (Å²) in [5.41, 5.74) is 3.18. The minimum atomic E-state index is 0.710. The first-order valence-electron chi connectivity index (χ1n) is 10.3. The third-order valence-electron chi connectivity index (χ3n) is 5.93. The van der Waals surface area contributed by atoms with Gasteiger partial charge in [0.25, 0.3) is 0 Å². The molecule has 1 aromatic rings. The summed E-state index contributed by atoms with van der Waals surface area (Å²) in [5, 5.41) is 0. The van der Waals surface area contributed by atoms with Crippen LogP contribution >= 0.6 is 0 Å². The van der Waals surface area contributed by atoms with Crippen LogP contribution in [0, 0.1) is 5.92 Å². The largest absolute Gasteiger partial charge is 0.0654 e. The second-order valence-electron chi connectivity index (χ2n) is 8.08. The maximum absolute atomic E-state index is 2.54. The zero-order chi connectivity index (χ0) is 16.5. The molecule has 1 aliphatic rings. The molecule has 0 heteroatoms. The highest BCUT2D eigenvalue weighted by Gasteiger charge is 2.16. The van der Waals surface area contributed by atoms with Gasteiger partial charge in [0.2, 0.25) is 0 Å². The van der Waals surface area contributed by atoms with E-state index in [1.807, 2.05) is 0 Å². The van der Waals surface area contributed by atoms with Crippen molar-refractivity contribution >= 4 is 0 Å². The molecular weight excluding hydrogens is 276 g/mol. The van der Waals surface area contributed by atoms with Crippen molar-refractivity contribution in [3.8, 4) is 0 Å². The number of rotatable bonds is 4. The van der Waals surface area contributed by atoms with Crippen LogP contribution in [0.4, 0.5) is 0 Å². The Bertz CT molecular complexity index is 433. The number of hydrogen-bond donors (Lipinski definition) is 0. The van der Waals surface area contributed by atoms with Crippen molar-refractivity contribution in [2.75, 3.05) is 0 Å². The van der Waals surface area contributed by atoms with E-state index in [-0.39, 0.29) is 0 Å². The molecule has 0 heterocycles. The molecule has 0 amide bonds. The molecule has 3 unspecified atom stereocenters. The summed E-state index contributed by atoms with van der Waals surface area (Å²) >= 11 is 0. The van der Waals surface area contributed by atoms with E-state index in [0.717, 1.165) is 11.8 Å². The topological polar surface area (TPSA) is 0 Å².